The molecule has 2 aliphatic rings. The van der Waals surface area contributed by atoms with E-state index in [0.29, 0.717) is 0 Å². The quantitative estimate of drug-likeness (QED) is 0.343. The Hall–Kier alpha value is -3.29. The first kappa shape index (κ1) is 27.7. The summed E-state index contributed by atoms with van der Waals surface area (Å²) >= 11 is 0. The lowest BCUT2D eigenvalue weighted by Gasteiger charge is -2.45. The van der Waals surface area contributed by atoms with Crippen LogP contribution in [0.4, 0.5) is 13.6 Å². The van der Waals surface area contributed by atoms with Gasteiger partial charge in [0.05, 0.1) is 24.7 Å². The smallest absolute Gasteiger partial charge is 0.409 e. The van der Waals surface area contributed by atoms with Crippen LogP contribution < -0.4 is 4.74 Å². The summed E-state index contributed by atoms with van der Waals surface area (Å²) in [5.74, 6) is -2.35. The number of methoxy groups -OCH3 is 1. The first-order valence-corrected chi connectivity index (χ1v) is 13.4. The van der Waals surface area contributed by atoms with Crippen LogP contribution in [0, 0.1) is 11.6 Å². The summed E-state index contributed by atoms with van der Waals surface area (Å²) < 4.78 is 77.5. The molecule has 0 aliphatic carbocycles. The topological polar surface area (TPSA) is 112 Å². The Morgan fingerprint density at radius 2 is 1.82 bits per heavy atom. The van der Waals surface area contributed by atoms with Crippen molar-refractivity contribution >= 4 is 22.1 Å². The molecule has 2 unspecified atom stereocenters. The normalized spacial score (nSPS) is 21.3. The van der Waals surface area contributed by atoms with Gasteiger partial charge in [-0.05, 0) is 62.2 Å². The highest BCUT2D eigenvalue weighted by molar-refractivity contribution is 7.89. The van der Waals surface area contributed by atoms with Crippen LogP contribution in [0.1, 0.15) is 19.8 Å². The Balaban J connectivity index is 1.63. The number of hydrogen-bond acceptors (Lipinski definition) is 8. The standard InChI is InChI=1S/C25H28F2N2O8S/c1-3-35-23(30)25-11-10-18(15-28(16-25)24(31)36-13-12-34-2)29(25)38(32,33)20-8-9-22(21(27)14-20)37-19-6-4-17(26)5-7-19/h4-9,14,18H,3,10-13,15-16H2,1-2H3. The Bertz CT molecular complexity index is 1290. The van der Waals surface area contributed by atoms with E-state index in [1.807, 2.05) is 0 Å². The maximum Gasteiger partial charge on any atom is 0.409 e. The molecule has 2 heterocycles. The summed E-state index contributed by atoms with van der Waals surface area (Å²) in [6.07, 6.45) is -0.298. The number of hydrogen-bond donors (Lipinski definition) is 0. The largest absolute Gasteiger partial charge is 0.465 e. The van der Waals surface area contributed by atoms with Crippen LogP contribution in [-0.4, -0.2) is 81.3 Å². The fraction of sp³-hybridized carbons (Fsp3) is 0.440. The molecule has 206 valence electrons. The molecular weight excluding hydrogens is 526 g/mol. The van der Waals surface area contributed by atoms with Crippen molar-refractivity contribution < 1.29 is 45.7 Å². The summed E-state index contributed by atoms with van der Waals surface area (Å²) in [7, 11) is -2.96. The fourth-order valence-corrected chi connectivity index (χ4v) is 6.76. The summed E-state index contributed by atoms with van der Waals surface area (Å²) in [4.78, 5) is 26.7. The predicted molar refractivity (Wildman–Crippen MR) is 129 cm³/mol. The number of sulfonamides is 1. The Morgan fingerprint density at radius 3 is 2.47 bits per heavy atom. The molecule has 0 radical (unpaired) electrons. The number of halogens is 2. The molecular formula is C25H28F2N2O8S. The monoisotopic (exact) mass is 554 g/mol. The van der Waals surface area contributed by atoms with Gasteiger partial charge in [0.25, 0.3) is 0 Å². The van der Waals surface area contributed by atoms with Crippen molar-refractivity contribution in [1.29, 1.82) is 0 Å². The van der Waals surface area contributed by atoms with Gasteiger partial charge in [-0.2, -0.15) is 4.31 Å². The third kappa shape index (κ3) is 5.31. The lowest BCUT2D eigenvalue weighted by atomic mass is 9.97. The zero-order valence-electron chi connectivity index (χ0n) is 20.9. The highest BCUT2D eigenvalue weighted by atomic mass is 32.2. The van der Waals surface area contributed by atoms with Gasteiger partial charge in [-0.1, -0.05) is 0 Å². The predicted octanol–water partition coefficient (Wildman–Crippen LogP) is 3.31. The van der Waals surface area contributed by atoms with Crippen molar-refractivity contribution in [3.05, 3.63) is 54.1 Å². The third-order valence-corrected chi connectivity index (χ3v) is 8.47. The minimum absolute atomic E-state index is 0.00146. The molecule has 1 amide bonds. The molecule has 0 spiro atoms. The minimum atomic E-state index is -4.42. The van der Waals surface area contributed by atoms with E-state index in [4.69, 9.17) is 18.9 Å². The van der Waals surface area contributed by atoms with Crippen molar-refractivity contribution in [2.24, 2.45) is 0 Å². The van der Waals surface area contributed by atoms with Gasteiger partial charge in [-0.25, -0.2) is 26.8 Å². The second-order valence-corrected chi connectivity index (χ2v) is 10.7. The first-order chi connectivity index (χ1) is 18.1. The molecule has 0 aromatic heterocycles. The number of benzene rings is 2. The number of amides is 1. The van der Waals surface area contributed by atoms with E-state index in [1.54, 1.807) is 6.92 Å². The van der Waals surface area contributed by atoms with Crippen LogP contribution in [-0.2, 0) is 29.0 Å². The highest BCUT2D eigenvalue weighted by Crippen LogP contribution is 2.44. The van der Waals surface area contributed by atoms with Crippen LogP contribution in [0.3, 0.4) is 0 Å². The summed E-state index contributed by atoms with van der Waals surface area (Å²) in [6, 6.07) is 7.26. The number of esters is 1. The third-order valence-electron chi connectivity index (χ3n) is 6.46. The van der Waals surface area contributed by atoms with E-state index in [0.717, 1.165) is 28.6 Å². The Kier molecular flexibility index (Phi) is 8.19. The van der Waals surface area contributed by atoms with Gasteiger partial charge in [0, 0.05) is 19.7 Å². The van der Waals surface area contributed by atoms with Gasteiger partial charge in [0.1, 0.15) is 18.2 Å². The molecule has 2 aliphatic heterocycles. The minimum Gasteiger partial charge on any atom is -0.465 e. The van der Waals surface area contributed by atoms with Crippen molar-refractivity contribution in [1.82, 2.24) is 9.21 Å². The highest BCUT2D eigenvalue weighted by Gasteiger charge is 2.62. The number of carbonyl (C=O) groups excluding carboxylic acids is 2. The van der Waals surface area contributed by atoms with Crippen LogP contribution >= 0.6 is 0 Å². The summed E-state index contributed by atoms with van der Waals surface area (Å²) in [6.45, 7) is 1.48. The first-order valence-electron chi connectivity index (χ1n) is 12.0. The van der Waals surface area contributed by atoms with Gasteiger partial charge < -0.3 is 23.8 Å². The van der Waals surface area contributed by atoms with Crippen molar-refractivity contribution in [3.63, 3.8) is 0 Å². The average molecular weight is 555 g/mol. The van der Waals surface area contributed by atoms with Crippen LogP contribution in [0.25, 0.3) is 0 Å². The van der Waals surface area contributed by atoms with Crippen LogP contribution in [0.15, 0.2) is 47.4 Å². The fourth-order valence-electron chi connectivity index (χ4n) is 4.79. The summed E-state index contributed by atoms with van der Waals surface area (Å²) in [5, 5.41) is 0. The van der Waals surface area contributed by atoms with Gasteiger partial charge >= 0.3 is 12.1 Å². The second kappa shape index (κ2) is 11.2. The van der Waals surface area contributed by atoms with Gasteiger partial charge in [0.2, 0.25) is 10.0 Å². The van der Waals surface area contributed by atoms with E-state index in [9.17, 15) is 26.8 Å². The molecule has 2 bridgehead atoms. The van der Waals surface area contributed by atoms with Gasteiger partial charge in [0.15, 0.2) is 17.1 Å². The lowest BCUT2D eigenvalue weighted by Crippen LogP contribution is -2.67. The number of rotatable bonds is 9. The van der Waals surface area contributed by atoms with Gasteiger partial charge in [-0.15, -0.1) is 0 Å². The maximum absolute atomic E-state index is 15.0. The molecule has 2 aromatic carbocycles. The number of ether oxygens (including phenoxy) is 4. The van der Waals surface area contributed by atoms with E-state index < -0.39 is 50.2 Å². The second-order valence-electron chi connectivity index (χ2n) is 8.88. The Morgan fingerprint density at radius 1 is 1.08 bits per heavy atom. The molecule has 38 heavy (non-hydrogen) atoms. The molecule has 0 saturated carbocycles. The SMILES string of the molecule is CCOC(=O)C12CCC(CN(C(=O)OCCOC)C1)N2S(=O)(=O)c1ccc(Oc2ccc(F)cc2)c(F)c1. The molecule has 4 rings (SSSR count). The van der Waals surface area contributed by atoms with Crippen molar-refractivity contribution in [2.75, 3.05) is 40.0 Å². The molecule has 10 nitrogen and oxygen atoms in total. The molecule has 2 aromatic rings. The zero-order valence-corrected chi connectivity index (χ0v) is 21.7. The van der Waals surface area contributed by atoms with Crippen LogP contribution in [0.2, 0.25) is 0 Å². The average Bonchev–Trinajstić information content (AvgIpc) is 3.15. The number of likely N-dealkylation sites (tertiary alicyclic amines) is 1. The van der Waals surface area contributed by atoms with Crippen molar-refractivity contribution in [2.45, 2.75) is 36.2 Å². The van der Waals surface area contributed by atoms with E-state index >= 15 is 0 Å². The summed E-state index contributed by atoms with van der Waals surface area (Å²) in [5.41, 5.74) is -1.70. The number of nitrogens with zero attached hydrogens (tertiary/aromatic N) is 2. The molecule has 2 fully saturated rings. The molecule has 0 N–H and O–H groups in total. The van der Waals surface area contributed by atoms with Crippen molar-refractivity contribution in [3.8, 4) is 11.5 Å². The van der Waals surface area contributed by atoms with Crippen LogP contribution in [0.5, 0.6) is 11.5 Å². The van der Waals surface area contributed by atoms with E-state index in [2.05, 4.69) is 0 Å². The van der Waals surface area contributed by atoms with E-state index in [1.165, 1.54) is 30.2 Å². The lowest BCUT2D eigenvalue weighted by molar-refractivity contribution is -0.156. The molecule has 2 saturated heterocycles. The number of carbonyl (C=O) groups is 2. The molecule has 13 heteroatoms. The molecule has 2 atom stereocenters. The number of piperazine rings is 1. The number of fused-ring (bicyclic) bond motifs is 2. The zero-order chi connectivity index (χ0) is 27.5. The van der Waals surface area contributed by atoms with E-state index in [-0.39, 0.29) is 57.3 Å². The van der Waals surface area contributed by atoms with Gasteiger partial charge in [-0.3, -0.25) is 0 Å². The maximum atomic E-state index is 15.0. The Labute approximate surface area is 219 Å².